The minimum Gasteiger partial charge on any atom is -0.481 e. The fraction of sp³-hybridized carbons (Fsp3) is 0.471. The van der Waals surface area contributed by atoms with E-state index in [9.17, 15) is 27.6 Å². The number of hydrogen-bond acceptors (Lipinski definition) is 3. The van der Waals surface area contributed by atoms with Gasteiger partial charge >= 0.3 is 5.97 Å². The molecule has 9 heteroatoms. The summed E-state index contributed by atoms with van der Waals surface area (Å²) in [5.41, 5.74) is -0.662. The molecular weight excluding hydrogens is 353 g/mol. The molecule has 3 N–H and O–H groups in total. The van der Waals surface area contributed by atoms with E-state index in [2.05, 4.69) is 10.6 Å². The molecule has 1 heterocycles. The van der Waals surface area contributed by atoms with Gasteiger partial charge in [-0.3, -0.25) is 14.4 Å². The summed E-state index contributed by atoms with van der Waals surface area (Å²) in [6.45, 7) is -0.179. The summed E-state index contributed by atoms with van der Waals surface area (Å²) in [7, 11) is 0. The van der Waals surface area contributed by atoms with Crippen molar-refractivity contribution >= 4 is 17.8 Å². The monoisotopic (exact) mass is 372 g/mol. The SMILES string of the molecule is O=C(O)CCC1(CCC(=O)NCc2cc(F)c(F)c(F)c2)CCC(=O)N1. The van der Waals surface area contributed by atoms with Crippen molar-refractivity contribution in [2.24, 2.45) is 0 Å². The van der Waals surface area contributed by atoms with E-state index in [1.165, 1.54) is 0 Å². The molecule has 2 amide bonds. The number of rotatable bonds is 8. The Morgan fingerprint density at radius 3 is 2.31 bits per heavy atom. The van der Waals surface area contributed by atoms with E-state index in [-0.39, 0.29) is 50.1 Å². The number of carboxylic acids is 1. The van der Waals surface area contributed by atoms with E-state index in [1.54, 1.807) is 0 Å². The molecule has 0 saturated carbocycles. The first kappa shape index (κ1) is 19.7. The van der Waals surface area contributed by atoms with Gasteiger partial charge in [0.25, 0.3) is 0 Å². The van der Waals surface area contributed by atoms with Crippen LogP contribution in [0.25, 0.3) is 0 Å². The lowest BCUT2D eigenvalue weighted by Gasteiger charge is -2.28. The van der Waals surface area contributed by atoms with Crippen LogP contribution in [0.5, 0.6) is 0 Å². The summed E-state index contributed by atoms with van der Waals surface area (Å²) in [4.78, 5) is 34.2. The number of benzene rings is 1. The first-order valence-corrected chi connectivity index (χ1v) is 8.14. The number of carbonyl (C=O) groups excluding carboxylic acids is 2. The Kier molecular flexibility index (Phi) is 6.23. The van der Waals surface area contributed by atoms with Crippen LogP contribution in [0.2, 0.25) is 0 Å². The molecule has 1 fully saturated rings. The summed E-state index contributed by atoms with van der Waals surface area (Å²) in [6.07, 6.45) is 1.07. The first-order chi connectivity index (χ1) is 12.2. The van der Waals surface area contributed by atoms with Crippen LogP contribution in [0.4, 0.5) is 13.2 Å². The Morgan fingerprint density at radius 2 is 1.77 bits per heavy atom. The Hall–Kier alpha value is -2.58. The summed E-state index contributed by atoms with van der Waals surface area (Å²) in [6, 6.07) is 1.59. The van der Waals surface area contributed by atoms with Crippen molar-refractivity contribution in [2.45, 2.75) is 50.6 Å². The molecule has 2 rings (SSSR count). The summed E-state index contributed by atoms with van der Waals surface area (Å²) >= 11 is 0. The highest BCUT2D eigenvalue weighted by Crippen LogP contribution is 2.30. The van der Waals surface area contributed by atoms with Crippen LogP contribution in [0.3, 0.4) is 0 Å². The molecule has 142 valence electrons. The second-order valence-electron chi connectivity index (χ2n) is 6.37. The predicted molar refractivity (Wildman–Crippen MR) is 84.4 cm³/mol. The van der Waals surface area contributed by atoms with Crippen LogP contribution in [-0.2, 0) is 20.9 Å². The molecule has 6 nitrogen and oxygen atoms in total. The number of nitrogens with one attached hydrogen (secondary N) is 2. The fourth-order valence-electron chi connectivity index (χ4n) is 2.97. The van der Waals surface area contributed by atoms with Crippen LogP contribution in [0.1, 0.15) is 44.1 Å². The largest absolute Gasteiger partial charge is 0.481 e. The molecule has 1 saturated heterocycles. The van der Waals surface area contributed by atoms with Gasteiger partial charge in [-0.15, -0.1) is 0 Å². The summed E-state index contributed by atoms with van der Waals surface area (Å²) < 4.78 is 39.2. The van der Waals surface area contributed by atoms with Crippen LogP contribution < -0.4 is 10.6 Å². The number of aliphatic carboxylic acids is 1. The van der Waals surface area contributed by atoms with Crippen LogP contribution in [-0.4, -0.2) is 28.4 Å². The minimum absolute atomic E-state index is 0.00601. The van der Waals surface area contributed by atoms with Gasteiger partial charge in [0.2, 0.25) is 11.8 Å². The second-order valence-corrected chi connectivity index (χ2v) is 6.37. The lowest BCUT2D eigenvalue weighted by Crippen LogP contribution is -2.43. The first-order valence-electron chi connectivity index (χ1n) is 8.14. The average molecular weight is 372 g/mol. The number of hydrogen-bond donors (Lipinski definition) is 3. The average Bonchev–Trinajstić information content (AvgIpc) is 2.95. The van der Waals surface area contributed by atoms with E-state index in [1.807, 2.05) is 0 Å². The zero-order chi connectivity index (χ0) is 19.3. The molecule has 26 heavy (non-hydrogen) atoms. The highest BCUT2D eigenvalue weighted by atomic mass is 19.2. The van der Waals surface area contributed by atoms with Gasteiger partial charge in [-0.25, -0.2) is 13.2 Å². The van der Waals surface area contributed by atoms with Gasteiger partial charge in [-0.1, -0.05) is 0 Å². The van der Waals surface area contributed by atoms with Gasteiger partial charge in [0.05, 0.1) is 0 Å². The Bertz CT molecular complexity index is 703. The highest BCUT2D eigenvalue weighted by Gasteiger charge is 2.37. The smallest absolute Gasteiger partial charge is 0.303 e. The molecular formula is C17H19F3N2O4. The Morgan fingerprint density at radius 1 is 1.15 bits per heavy atom. The van der Waals surface area contributed by atoms with Crippen molar-refractivity contribution in [2.75, 3.05) is 0 Å². The van der Waals surface area contributed by atoms with Crippen molar-refractivity contribution in [1.29, 1.82) is 0 Å². The predicted octanol–water partition coefficient (Wildman–Crippen LogP) is 2.01. The molecule has 0 aromatic heterocycles. The summed E-state index contributed by atoms with van der Waals surface area (Å²) in [5.74, 6) is -5.85. The Labute approximate surface area is 147 Å². The van der Waals surface area contributed by atoms with Gasteiger partial charge in [-0.05, 0) is 37.0 Å². The molecule has 1 aliphatic rings. The third kappa shape index (κ3) is 5.21. The van der Waals surface area contributed by atoms with Gasteiger partial charge in [0, 0.05) is 31.3 Å². The maximum atomic E-state index is 13.1. The van der Waals surface area contributed by atoms with E-state index in [4.69, 9.17) is 5.11 Å². The van der Waals surface area contributed by atoms with E-state index < -0.39 is 34.9 Å². The topological polar surface area (TPSA) is 95.5 Å². The van der Waals surface area contributed by atoms with Crippen molar-refractivity contribution in [3.8, 4) is 0 Å². The second kappa shape index (κ2) is 8.20. The summed E-state index contributed by atoms with van der Waals surface area (Å²) in [5, 5.41) is 14.0. The van der Waals surface area contributed by atoms with Crippen LogP contribution >= 0.6 is 0 Å². The maximum absolute atomic E-state index is 13.1. The molecule has 0 bridgehead atoms. The van der Waals surface area contributed by atoms with E-state index in [0.29, 0.717) is 6.42 Å². The normalized spacial score (nSPS) is 19.3. The molecule has 1 atom stereocenters. The number of carboxylic acid groups (broad SMARTS) is 1. The van der Waals surface area contributed by atoms with E-state index >= 15 is 0 Å². The van der Waals surface area contributed by atoms with Gasteiger partial charge in [0.15, 0.2) is 17.5 Å². The third-order valence-corrected chi connectivity index (χ3v) is 4.42. The number of halogens is 3. The van der Waals surface area contributed by atoms with Gasteiger partial charge in [-0.2, -0.15) is 0 Å². The van der Waals surface area contributed by atoms with Crippen molar-refractivity contribution in [1.82, 2.24) is 10.6 Å². The molecule has 1 aliphatic heterocycles. The van der Waals surface area contributed by atoms with Crippen molar-refractivity contribution in [3.05, 3.63) is 35.1 Å². The lowest BCUT2D eigenvalue weighted by molar-refractivity contribution is -0.137. The fourth-order valence-corrected chi connectivity index (χ4v) is 2.97. The van der Waals surface area contributed by atoms with Crippen LogP contribution in [0.15, 0.2) is 12.1 Å². The molecule has 0 radical (unpaired) electrons. The zero-order valence-corrected chi connectivity index (χ0v) is 13.9. The molecule has 1 aromatic rings. The van der Waals surface area contributed by atoms with Crippen LogP contribution in [0, 0.1) is 17.5 Å². The zero-order valence-electron chi connectivity index (χ0n) is 13.9. The lowest BCUT2D eigenvalue weighted by atomic mass is 9.86. The standard InChI is InChI=1S/C17H19F3N2O4/c18-11-7-10(8-12(19)16(11)20)9-21-13(23)1-4-17(6-3-15(25)26)5-2-14(24)22-17/h7-8H,1-6,9H2,(H,21,23)(H,22,24)(H,25,26). The molecule has 1 aromatic carbocycles. The van der Waals surface area contributed by atoms with Crippen molar-refractivity contribution < 1.29 is 32.7 Å². The number of carbonyl (C=O) groups is 3. The molecule has 1 unspecified atom stereocenters. The third-order valence-electron chi connectivity index (χ3n) is 4.42. The quantitative estimate of drug-likeness (QED) is 0.609. The molecule has 0 spiro atoms. The van der Waals surface area contributed by atoms with Crippen molar-refractivity contribution in [3.63, 3.8) is 0 Å². The number of amides is 2. The maximum Gasteiger partial charge on any atom is 0.303 e. The molecule has 0 aliphatic carbocycles. The minimum atomic E-state index is -1.57. The van der Waals surface area contributed by atoms with E-state index in [0.717, 1.165) is 12.1 Å². The Balaban J connectivity index is 1.88. The van der Waals surface area contributed by atoms with Gasteiger partial charge < -0.3 is 15.7 Å². The highest BCUT2D eigenvalue weighted by molar-refractivity contribution is 5.80. The van der Waals surface area contributed by atoms with Gasteiger partial charge in [0.1, 0.15) is 0 Å².